The number of carbonyl (C=O) groups is 1. The van der Waals surface area contributed by atoms with E-state index in [4.69, 9.17) is 10.2 Å². The van der Waals surface area contributed by atoms with Crippen LogP contribution in [0.15, 0.2) is 23.3 Å². The average molecular weight is 357 g/mol. The second-order valence-electron chi connectivity index (χ2n) is 6.52. The van der Waals surface area contributed by atoms with E-state index in [9.17, 15) is 4.21 Å². The minimum Gasteiger partial charge on any atom is -0.333 e. The molecule has 1 heterocycles. The molecule has 0 saturated carbocycles. The molecule has 0 bridgehead atoms. The van der Waals surface area contributed by atoms with E-state index < -0.39 is 10.8 Å². The Morgan fingerprint density at radius 3 is 2.21 bits per heavy atom. The summed E-state index contributed by atoms with van der Waals surface area (Å²) < 4.78 is 11.4. The van der Waals surface area contributed by atoms with Crippen molar-refractivity contribution in [3.63, 3.8) is 0 Å². The first-order valence-electron chi connectivity index (χ1n) is 8.49. The molecule has 4 nitrogen and oxygen atoms in total. The van der Waals surface area contributed by atoms with Crippen molar-refractivity contribution in [2.24, 2.45) is 17.1 Å². The SMILES string of the molecule is C=O.CCC(C)(C)/C=C/C(CC1CCS(=O)CC1)=C(/C)C=N.CN. The van der Waals surface area contributed by atoms with Gasteiger partial charge in [0, 0.05) is 28.5 Å². The van der Waals surface area contributed by atoms with E-state index in [1.807, 2.05) is 13.7 Å². The molecule has 3 N–H and O–H groups in total. The van der Waals surface area contributed by atoms with Crippen LogP contribution in [-0.4, -0.2) is 35.8 Å². The summed E-state index contributed by atoms with van der Waals surface area (Å²) in [6.45, 7) is 10.7. The summed E-state index contributed by atoms with van der Waals surface area (Å²) in [4.78, 5) is 8.00. The molecule has 1 saturated heterocycles. The van der Waals surface area contributed by atoms with Crippen LogP contribution in [0.1, 0.15) is 53.4 Å². The van der Waals surface area contributed by atoms with Crippen molar-refractivity contribution in [2.75, 3.05) is 18.6 Å². The molecular weight excluding hydrogens is 320 g/mol. The quantitative estimate of drug-likeness (QED) is 0.559. The van der Waals surface area contributed by atoms with Crippen LogP contribution in [0, 0.1) is 16.7 Å². The van der Waals surface area contributed by atoms with Gasteiger partial charge in [0.1, 0.15) is 6.79 Å². The first-order chi connectivity index (χ1) is 11.4. The normalized spacial score (nSPS) is 21.8. The van der Waals surface area contributed by atoms with Crippen molar-refractivity contribution in [1.29, 1.82) is 5.41 Å². The van der Waals surface area contributed by atoms with E-state index >= 15 is 0 Å². The van der Waals surface area contributed by atoms with E-state index in [1.54, 1.807) is 0 Å². The minimum atomic E-state index is -0.586. The molecule has 0 aliphatic carbocycles. The number of nitrogens with one attached hydrogen (secondary N) is 1. The fourth-order valence-electron chi connectivity index (χ4n) is 2.25. The van der Waals surface area contributed by atoms with Gasteiger partial charge in [-0.3, -0.25) is 4.21 Å². The van der Waals surface area contributed by atoms with E-state index in [-0.39, 0.29) is 5.41 Å². The highest BCUT2D eigenvalue weighted by atomic mass is 32.2. The molecular formula is C19H36N2O2S. The number of rotatable bonds is 6. The number of nitrogens with two attached hydrogens (primary N) is 1. The van der Waals surface area contributed by atoms with Crippen LogP contribution in [0.4, 0.5) is 0 Å². The molecule has 0 unspecified atom stereocenters. The number of hydrogen-bond donors (Lipinski definition) is 2. The minimum absolute atomic E-state index is 0.210. The topological polar surface area (TPSA) is 84.0 Å². The van der Waals surface area contributed by atoms with E-state index in [2.05, 4.69) is 38.7 Å². The van der Waals surface area contributed by atoms with Gasteiger partial charge in [-0.05, 0) is 62.1 Å². The van der Waals surface area contributed by atoms with Gasteiger partial charge in [-0.15, -0.1) is 0 Å². The largest absolute Gasteiger partial charge is 0.333 e. The zero-order chi connectivity index (χ0) is 19.2. The number of carbonyl (C=O) groups excluding carboxylic acids is 1. The number of hydrogen-bond acceptors (Lipinski definition) is 4. The number of allylic oxidation sites excluding steroid dienone is 4. The summed E-state index contributed by atoms with van der Waals surface area (Å²) in [5.41, 5.74) is 7.04. The van der Waals surface area contributed by atoms with Crippen molar-refractivity contribution in [3.05, 3.63) is 23.3 Å². The Balaban J connectivity index is 0. The van der Waals surface area contributed by atoms with Crippen molar-refractivity contribution in [2.45, 2.75) is 53.4 Å². The standard InChI is InChI=1S/C17H29NOS.CH5N.CH2O/c1-5-17(3,4)9-6-16(14(2)13-18)12-15-7-10-20(19)11-8-15;2*1-2/h6,9,13,15,18H,5,7-8,10-12H2,1-4H3;2H2,1H3;1H2/b9-6+,16-14+,18-13?;;. The summed E-state index contributed by atoms with van der Waals surface area (Å²) in [5.74, 6) is 2.34. The van der Waals surface area contributed by atoms with Gasteiger partial charge in [-0.1, -0.05) is 32.9 Å². The molecule has 0 spiro atoms. The maximum absolute atomic E-state index is 11.4. The van der Waals surface area contributed by atoms with Crippen molar-refractivity contribution in [3.8, 4) is 0 Å². The molecule has 1 aliphatic rings. The van der Waals surface area contributed by atoms with Gasteiger partial charge in [0.05, 0.1) is 0 Å². The molecule has 5 heteroatoms. The van der Waals surface area contributed by atoms with E-state index in [0.717, 1.165) is 42.8 Å². The summed E-state index contributed by atoms with van der Waals surface area (Å²) in [6.07, 6.45) is 10.2. The maximum atomic E-state index is 11.4. The van der Waals surface area contributed by atoms with Crippen LogP contribution in [0.5, 0.6) is 0 Å². The molecule has 0 radical (unpaired) electrons. The molecule has 0 amide bonds. The second kappa shape index (κ2) is 14.3. The van der Waals surface area contributed by atoms with E-state index in [0.29, 0.717) is 5.92 Å². The predicted octanol–water partition coefficient (Wildman–Crippen LogP) is 3.88. The molecule has 0 aromatic rings. The van der Waals surface area contributed by atoms with Crippen LogP contribution in [0.3, 0.4) is 0 Å². The molecule has 0 aromatic heterocycles. The van der Waals surface area contributed by atoms with Crippen LogP contribution >= 0.6 is 0 Å². The Morgan fingerprint density at radius 2 is 1.79 bits per heavy atom. The first-order valence-corrected chi connectivity index (χ1v) is 9.98. The average Bonchev–Trinajstić information content (AvgIpc) is 2.63. The zero-order valence-electron chi connectivity index (χ0n) is 16.1. The molecule has 140 valence electrons. The molecule has 24 heavy (non-hydrogen) atoms. The summed E-state index contributed by atoms with van der Waals surface area (Å²) in [7, 11) is 0.914. The van der Waals surface area contributed by atoms with Gasteiger partial charge in [0.2, 0.25) is 0 Å². The third kappa shape index (κ3) is 10.7. The lowest BCUT2D eigenvalue weighted by Gasteiger charge is -2.23. The molecule has 1 rings (SSSR count). The second-order valence-corrected chi connectivity index (χ2v) is 8.22. The predicted molar refractivity (Wildman–Crippen MR) is 107 cm³/mol. The Bertz CT molecular complexity index is 433. The fraction of sp³-hybridized carbons (Fsp3) is 0.684. The highest BCUT2D eigenvalue weighted by molar-refractivity contribution is 7.85. The Labute approximate surface area is 150 Å². The molecule has 0 aromatic carbocycles. The summed E-state index contributed by atoms with van der Waals surface area (Å²) >= 11 is 0. The first kappa shape index (κ1) is 25.2. The molecule has 0 atom stereocenters. The van der Waals surface area contributed by atoms with Gasteiger partial charge in [0.25, 0.3) is 0 Å². The van der Waals surface area contributed by atoms with Crippen LogP contribution in [0.25, 0.3) is 0 Å². The highest BCUT2D eigenvalue weighted by Crippen LogP contribution is 2.28. The lowest BCUT2D eigenvalue weighted by atomic mass is 9.86. The smallest absolute Gasteiger partial charge is 0.106 e. The van der Waals surface area contributed by atoms with Gasteiger partial charge in [-0.2, -0.15) is 0 Å². The van der Waals surface area contributed by atoms with Gasteiger partial charge < -0.3 is 15.9 Å². The zero-order valence-corrected chi connectivity index (χ0v) is 16.9. The van der Waals surface area contributed by atoms with E-state index in [1.165, 1.54) is 18.8 Å². The van der Waals surface area contributed by atoms with Gasteiger partial charge >= 0.3 is 0 Å². The Morgan fingerprint density at radius 1 is 1.29 bits per heavy atom. The molecule has 1 fully saturated rings. The maximum Gasteiger partial charge on any atom is 0.106 e. The Kier molecular flexibility index (Phi) is 15.0. The van der Waals surface area contributed by atoms with Gasteiger partial charge in [0.15, 0.2) is 0 Å². The highest BCUT2D eigenvalue weighted by Gasteiger charge is 2.19. The van der Waals surface area contributed by atoms with Crippen molar-refractivity contribution >= 4 is 23.8 Å². The monoisotopic (exact) mass is 356 g/mol. The third-order valence-electron chi connectivity index (χ3n) is 4.39. The lowest BCUT2D eigenvalue weighted by molar-refractivity contribution is -0.0979. The third-order valence-corrected chi connectivity index (χ3v) is 5.77. The van der Waals surface area contributed by atoms with Crippen molar-refractivity contribution < 1.29 is 9.00 Å². The fourth-order valence-corrected chi connectivity index (χ4v) is 3.65. The lowest BCUT2D eigenvalue weighted by Crippen LogP contribution is -2.19. The Hall–Kier alpha value is -1.07. The summed E-state index contributed by atoms with van der Waals surface area (Å²) in [5, 5.41) is 7.50. The van der Waals surface area contributed by atoms with Crippen LogP contribution in [-0.2, 0) is 15.6 Å². The van der Waals surface area contributed by atoms with Crippen molar-refractivity contribution in [1.82, 2.24) is 0 Å². The molecule has 1 aliphatic heterocycles. The van der Waals surface area contributed by atoms with Gasteiger partial charge in [-0.25, -0.2) is 0 Å². The van der Waals surface area contributed by atoms with Crippen LogP contribution < -0.4 is 5.73 Å². The van der Waals surface area contributed by atoms with Crippen LogP contribution in [0.2, 0.25) is 0 Å². The summed E-state index contributed by atoms with van der Waals surface area (Å²) in [6, 6.07) is 0.